The maximum atomic E-state index is 11.4. The molecular weight excluding hydrogens is 360 g/mol. The van der Waals surface area contributed by atoms with Crippen LogP contribution in [0.5, 0.6) is 0 Å². The average Bonchev–Trinajstić information content (AvgIpc) is 3.25. The molecule has 2 aromatic heterocycles. The predicted octanol–water partition coefficient (Wildman–Crippen LogP) is 3.02. The van der Waals surface area contributed by atoms with Gasteiger partial charge in [0.25, 0.3) is 0 Å². The fraction of sp³-hybridized carbons (Fsp3) is 0.200. The van der Waals surface area contributed by atoms with Crippen molar-refractivity contribution in [3.8, 4) is 0 Å². The summed E-state index contributed by atoms with van der Waals surface area (Å²) in [5.41, 5.74) is 4.27. The zero-order valence-electron chi connectivity index (χ0n) is 15.8. The van der Waals surface area contributed by atoms with E-state index in [9.17, 15) is 9.59 Å². The number of rotatable bonds is 3. The maximum absolute atomic E-state index is 11.4. The minimum Gasteiger partial charge on any atom is -0.478 e. The molecule has 0 radical (unpaired) electrons. The van der Waals surface area contributed by atoms with Crippen LogP contribution in [-0.2, 0) is 18.8 Å². The van der Waals surface area contributed by atoms with Crippen molar-refractivity contribution in [3.63, 3.8) is 0 Å². The average molecular weight is 380 g/mol. The van der Waals surface area contributed by atoms with Gasteiger partial charge in [-0.25, -0.2) is 19.6 Å². The van der Waals surface area contributed by atoms with E-state index in [1.54, 1.807) is 49.9 Å². The number of fused-ring (bicyclic) bond motifs is 2. The first-order valence-electron chi connectivity index (χ1n) is 8.63. The number of hydrogen-bond donors (Lipinski definition) is 1. The summed E-state index contributed by atoms with van der Waals surface area (Å²) in [7, 11) is 3.79. The molecule has 0 atom stereocenters. The summed E-state index contributed by atoms with van der Waals surface area (Å²) in [6.07, 6.45) is 3.38. The zero-order valence-corrected chi connectivity index (χ0v) is 15.8. The molecule has 2 heterocycles. The van der Waals surface area contributed by atoms with Crippen LogP contribution in [0, 0.1) is 0 Å². The third-order valence-corrected chi connectivity index (χ3v) is 4.21. The number of carbonyl (C=O) groups excluding carboxylic acids is 1. The van der Waals surface area contributed by atoms with Gasteiger partial charge in [-0.05, 0) is 43.3 Å². The Bertz CT molecular complexity index is 1160. The number of aromatic carboxylic acids is 1. The number of aromatic nitrogens is 4. The number of carboxylic acid groups (broad SMARTS) is 1. The fourth-order valence-corrected chi connectivity index (χ4v) is 2.75. The fourth-order valence-electron chi connectivity index (χ4n) is 2.75. The van der Waals surface area contributed by atoms with Gasteiger partial charge in [-0.2, -0.15) is 0 Å². The van der Waals surface area contributed by atoms with Gasteiger partial charge in [0.05, 0.1) is 52.5 Å². The van der Waals surface area contributed by atoms with E-state index in [0.717, 1.165) is 16.6 Å². The van der Waals surface area contributed by atoms with Crippen molar-refractivity contribution in [2.24, 2.45) is 14.1 Å². The number of carboxylic acids is 1. The van der Waals surface area contributed by atoms with Gasteiger partial charge >= 0.3 is 11.9 Å². The molecule has 1 N–H and O–H groups in total. The standard InChI is InChI=1S/C11H12N2O2.C9H8N2O2/c1-3-15-11(14)8-4-5-10-9(6-8)12-7-13(10)2;1-11-5-10-7-4-6(9(12)13)2-3-8(7)11/h4-7H,3H2,1-2H3;2-5H,1H3,(H,12,13). The van der Waals surface area contributed by atoms with Gasteiger partial charge < -0.3 is 19.0 Å². The molecule has 0 aliphatic rings. The van der Waals surface area contributed by atoms with Crippen LogP contribution in [0.25, 0.3) is 22.1 Å². The first-order chi connectivity index (χ1) is 13.4. The van der Waals surface area contributed by atoms with E-state index in [-0.39, 0.29) is 11.5 Å². The molecule has 0 spiro atoms. The topological polar surface area (TPSA) is 99.2 Å². The van der Waals surface area contributed by atoms with E-state index in [2.05, 4.69) is 9.97 Å². The molecule has 0 saturated heterocycles. The molecule has 8 nitrogen and oxygen atoms in total. The second-order valence-electron chi connectivity index (χ2n) is 6.14. The molecule has 4 rings (SSSR count). The molecule has 28 heavy (non-hydrogen) atoms. The second kappa shape index (κ2) is 7.91. The van der Waals surface area contributed by atoms with Crippen LogP contribution in [0.4, 0.5) is 0 Å². The Labute approximate surface area is 161 Å². The Hall–Kier alpha value is -3.68. The Morgan fingerprint density at radius 1 is 0.929 bits per heavy atom. The minimum atomic E-state index is -0.924. The molecule has 0 saturated carbocycles. The molecule has 0 fully saturated rings. The van der Waals surface area contributed by atoms with Crippen LogP contribution in [0.15, 0.2) is 49.1 Å². The zero-order chi connectivity index (χ0) is 20.3. The highest BCUT2D eigenvalue weighted by Gasteiger charge is 2.08. The van der Waals surface area contributed by atoms with Crippen molar-refractivity contribution >= 4 is 34.0 Å². The summed E-state index contributed by atoms with van der Waals surface area (Å²) in [4.78, 5) is 30.3. The molecule has 4 aromatic rings. The molecule has 0 bridgehead atoms. The number of aryl methyl sites for hydroxylation is 2. The molecule has 0 amide bonds. The van der Waals surface area contributed by atoms with Crippen LogP contribution in [0.2, 0.25) is 0 Å². The van der Waals surface area contributed by atoms with Gasteiger partial charge in [0.15, 0.2) is 0 Å². The normalized spacial score (nSPS) is 10.5. The van der Waals surface area contributed by atoms with E-state index in [1.165, 1.54) is 0 Å². The number of nitrogens with zero attached hydrogens (tertiary/aromatic N) is 4. The van der Waals surface area contributed by atoms with Crippen LogP contribution < -0.4 is 0 Å². The maximum Gasteiger partial charge on any atom is 0.338 e. The van der Waals surface area contributed by atoms with Gasteiger partial charge in [-0.15, -0.1) is 0 Å². The number of carbonyl (C=O) groups is 2. The van der Waals surface area contributed by atoms with E-state index in [4.69, 9.17) is 9.84 Å². The highest BCUT2D eigenvalue weighted by Crippen LogP contribution is 2.15. The largest absolute Gasteiger partial charge is 0.478 e. The lowest BCUT2D eigenvalue weighted by molar-refractivity contribution is 0.0526. The number of ether oxygens (including phenoxy) is 1. The van der Waals surface area contributed by atoms with Crippen molar-refractivity contribution in [2.75, 3.05) is 6.61 Å². The third kappa shape index (κ3) is 3.85. The SMILES string of the molecule is CCOC(=O)c1ccc2c(c1)ncn2C.Cn1cnc2cc(C(=O)O)ccc21. The number of esters is 1. The molecule has 144 valence electrons. The van der Waals surface area contributed by atoms with Crippen molar-refractivity contribution in [3.05, 3.63) is 60.2 Å². The van der Waals surface area contributed by atoms with Crippen molar-refractivity contribution in [2.45, 2.75) is 6.92 Å². The van der Waals surface area contributed by atoms with E-state index in [0.29, 0.717) is 17.7 Å². The number of hydrogen-bond acceptors (Lipinski definition) is 5. The van der Waals surface area contributed by atoms with Gasteiger partial charge in [0, 0.05) is 14.1 Å². The van der Waals surface area contributed by atoms with Crippen LogP contribution in [-0.4, -0.2) is 42.8 Å². The summed E-state index contributed by atoms with van der Waals surface area (Å²) in [6.45, 7) is 2.18. The van der Waals surface area contributed by atoms with Gasteiger partial charge in [0.1, 0.15) is 0 Å². The third-order valence-electron chi connectivity index (χ3n) is 4.21. The van der Waals surface area contributed by atoms with Crippen molar-refractivity contribution in [1.29, 1.82) is 0 Å². The summed E-state index contributed by atoms with van der Waals surface area (Å²) >= 11 is 0. The van der Waals surface area contributed by atoms with Gasteiger partial charge in [0.2, 0.25) is 0 Å². The second-order valence-corrected chi connectivity index (χ2v) is 6.14. The lowest BCUT2D eigenvalue weighted by Gasteiger charge is -2.01. The molecular formula is C20H20N4O4. The van der Waals surface area contributed by atoms with E-state index >= 15 is 0 Å². The first-order valence-corrected chi connectivity index (χ1v) is 8.63. The molecule has 2 aromatic carbocycles. The molecule has 8 heteroatoms. The molecule has 0 unspecified atom stereocenters. The Morgan fingerprint density at radius 3 is 1.93 bits per heavy atom. The summed E-state index contributed by atoms with van der Waals surface area (Å²) < 4.78 is 8.67. The quantitative estimate of drug-likeness (QED) is 0.549. The Kier molecular flexibility index (Phi) is 5.39. The van der Waals surface area contributed by atoms with Crippen molar-refractivity contribution < 1.29 is 19.4 Å². The molecule has 0 aliphatic carbocycles. The number of benzene rings is 2. The van der Waals surface area contributed by atoms with E-state index in [1.807, 2.05) is 29.3 Å². The summed E-state index contributed by atoms with van der Waals surface area (Å²) in [6, 6.07) is 10.3. The first kappa shape index (κ1) is 19.1. The smallest absolute Gasteiger partial charge is 0.338 e. The van der Waals surface area contributed by atoms with Crippen molar-refractivity contribution in [1.82, 2.24) is 19.1 Å². The number of imidazole rings is 2. The Morgan fingerprint density at radius 2 is 1.43 bits per heavy atom. The predicted molar refractivity (Wildman–Crippen MR) is 104 cm³/mol. The van der Waals surface area contributed by atoms with Gasteiger partial charge in [-0.1, -0.05) is 0 Å². The summed E-state index contributed by atoms with van der Waals surface area (Å²) in [5, 5.41) is 8.72. The lowest BCUT2D eigenvalue weighted by Crippen LogP contribution is -2.04. The minimum absolute atomic E-state index is 0.270. The van der Waals surface area contributed by atoms with Gasteiger partial charge in [-0.3, -0.25) is 0 Å². The lowest BCUT2D eigenvalue weighted by atomic mass is 10.2. The molecule has 0 aliphatic heterocycles. The highest BCUT2D eigenvalue weighted by molar-refractivity contribution is 5.93. The van der Waals surface area contributed by atoms with Crippen LogP contribution >= 0.6 is 0 Å². The van der Waals surface area contributed by atoms with E-state index < -0.39 is 5.97 Å². The van der Waals surface area contributed by atoms with Crippen LogP contribution in [0.3, 0.4) is 0 Å². The Balaban J connectivity index is 0.000000162. The monoisotopic (exact) mass is 380 g/mol. The van der Waals surface area contributed by atoms with Crippen LogP contribution in [0.1, 0.15) is 27.6 Å². The summed E-state index contributed by atoms with van der Waals surface area (Å²) in [5.74, 6) is -1.22. The highest BCUT2D eigenvalue weighted by atomic mass is 16.5.